The van der Waals surface area contributed by atoms with Crippen molar-refractivity contribution in [2.75, 3.05) is 11.6 Å². The molecule has 0 fully saturated rings. The number of nitrogens with zero attached hydrogens (tertiary/aromatic N) is 4. The summed E-state index contributed by atoms with van der Waals surface area (Å²) in [6, 6.07) is 6.02. The first-order chi connectivity index (χ1) is 8.11. The number of rotatable bonds is 2. The Morgan fingerprint density at radius 1 is 1.59 bits per heavy atom. The van der Waals surface area contributed by atoms with Gasteiger partial charge in [0.25, 0.3) is 5.69 Å². The highest BCUT2D eigenvalue weighted by Crippen LogP contribution is 2.26. The minimum atomic E-state index is -0.535. The Hall–Kier alpha value is -2.62. The molecule has 0 bridgehead atoms. The lowest BCUT2D eigenvalue weighted by atomic mass is 10.1. The van der Waals surface area contributed by atoms with Gasteiger partial charge in [-0.3, -0.25) is 15.1 Å². The van der Waals surface area contributed by atoms with Gasteiger partial charge in [-0.25, -0.2) is 0 Å². The van der Waals surface area contributed by atoms with Crippen molar-refractivity contribution >= 4 is 17.2 Å². The molecular weight excluding hydrogens is 222 g/mol. The van der Waals surface area contributed by atoms with Crippen molar-refractivity contribution in [1.82, 2.24) is 0 Å². The average Bonchev–Trinajstić information content (AvgIpc) is 2.74. The number of nitro benzene ring substituents is 1. The second kappa shape index (κ2) is 4.09. The van der Waals surface area contributed by atoms with E-state index in [1.165, 1.54) is 18.2 Å². The van der Waals surface area contributed by atoms with E-state index >= 15 is 0 Å². The summed E-state index contributed by atoms with van der Waals surface area (Å²) in [6.07, 6.45) is 0.627. The number of nitrogens with two attached hydrogens (primary N) is 1. The second-order valence-electron chi connectivity index (χ2n) is 3.53. The van der Waals surface area contributed by atoms with Crippen LogP contribution in [0.3, 0.4) is 0 Å². The summed E-state index contributed by atoms with van der Waals surface area (Å²) in [4.78, 5) is 10.1. The van der Waals surface area contributed by atoms with Gasteiger partial charge in [0.2, 0.25) is 0 Å². The van der Waals surface area contributed by atoms with Crippen molar-refractivity contribution in [2.24, 2.45) is 10.8 Å². The van der Waals surface area contributed by atoms with E-state index in [-0.39, 0.29) is 11.3 Å². The van der Waals surface area contributed by atoms with Crippen LogP contribution in [-0.2, 0) is 0 Å². The van der Waals surface area contributed by atoms with Crippen LogP contribution in [0.25, 0.3) is 0 Å². The molecule has 0 aromatic heterocycles. The number of nitro groups is 1. The predicted molar refractivity (Wildman–Crippen MR) is 61.4 cm³/mol. The molecule has 0 saturated heterocycles. The summed E-state index contributed by atoms with van der Waals surface area (Å²) in [6.45, 7) is 0.582. The molecule has 0 saturated carbocycles. The van der Waals surface area contributed by atoms with Gasteiger partial charge in [0.15, 0.2) is 0 Å². The van der Waals surface area contributed by atoms with Crippen molar-refractivity contribution in [1.29, 1.82) is 5.26 Å². The number of hydrogen-bond acceptors (Lipinski definition) is 6. The van der Waals surface area contributed by atoms with E-state index in [2.05, 4.69) is 5.10 Å². The quantitative estimate of drug-likeness (QED) is 0.602. The van der Waals surface area contributed by atoms with Crippen LogP contribution in [-0.4, -0.2) is 17.3 Å². The molecule has 1 aromatic carbocycles. The van der Waals surface area contributed by atoms with Crippen LogP contribution < -0.4 is 10.7 Å². The van der Waals surface area contributed by atoms with Crippen LogP contribution in [0, 0.1) is 21.4 Å². The maximum atomic E-state index is 10.6. The van der Waals surface area contributed by atoms with E-state index < -0.39 is 4.92 Å². The molecule has 2 rings (SSSR count). The highest BCUT2D eigenvalue weighted by molar-refractivity contribution is 5.84. The molecule has 1 heterocycles. The smallest absolute Gasteiger partial charge is 0.270 e. The highest BCUT2D eigenvalue weighted by Gasteiger charge is 2.19. The SMILES string of the molecule is N#Cc1cc([N+](=O)[O-])ccc1N1CCC(N)=N1. The second-order valence-corrected chi connectivity index (χ2v) is 3.53. The number of amidine groups is 1. The summed E-state index contributed by atoms with van der Waals surface area (Å²) in [5.74, 6) is 0.493. The average molecular weight is 231 g/mol. The number of hydrazone groups is 1. The van der Waals surface area contributed by atoms with Crippen LogP contribution in [0.5, 0.6) is 0 Å². The molecule has 0 aliphatic carbocycles. The van der Waals surface area contributed by atoms with Crippen molar-refractivity contribution in [3.63, 3.8) is 0 Å². The molecule has 0 radical (unpaired) electrons. The van der Waals surface area contributed by atoms with Crippen molar-refractivity contribution in [3.05, 3.63) is 33.9 Å². The van der Waals surface area contributed by atoms with Crippen LogP contribution in [0.4, 0.5) is 11.4 Å². The molecule has 17 heavy (non-hydrogen) atoms. The van der Waals surface area contributed by atoms with Gasteiger partial charge in [-0.05, 0) is 6.07 Å². The van der Waals surface area contributed by atoms with Gasteiger partial charge in [-0.15, -0.1) is 0 Å². The molecule has 1 aliphatic heterocycles. The van der Waals surface area contributed by atoms with Gasteiger partial charge in [-0.2, -0.15) is 10.4 Å². The molecule has 1 aliphatic rings. The lowest BCUT2D eigenvalue weighted by molar-refractivity contribution is -0.384. The normalized spacial score (nSPS) is 14.3. The van der Waals surface area contributed by atoms with E-state index in [0.717, 1.165) is 0 Å². The molecular formula is C10H9N5O2. The van der Waals surface area contributed by atoms with Crippen LogP contribution in [0.15, 0.2) is 23.3 Å². The van der Waals surface area contributed by atoms with E-state index in [9.17, 15) is 10.1 Å². The molecule has 7 heteroatoms. The summed E-state index contributed by atoms with van der Waals surface area (Å²) in [7, 11) is 0. The summed E-state index contributed by atoms with van der Waals surface area (Å²) < 4.78 is 0. The summed E-state index contributed by atoms with van der Waals surface area (Å²) >= 11 is 0. The molecule has 2 N–H and O–H groups in total. The Bertz CT molecular complexity index is 546. The third-order valence-electron chi connectivity index (χ3n) is 2.42. The standard InChI is InChI=1S/C10H9N5O2/c11-6-7-5-8(15(16)17)1-2-9(7)14-4-3-10(12)13-14/h1-2,5H,3-4H2,(H2,12,13). The van der Waals surface area contributed by atoms with E-state index in [4.69, 9.17) is 11.0 Å². The molecule has 7 nitrogen and oxygen atoms in total. The zero-order chi connectivity index (χ0) is 12.4. The largest absolute Gasteiger partial charge is 0.386 e. The van der Waals surface area contributed by atoms with Crippen molar-refractivity contribution < 1.29 is 4.92 Å². The Balaban J connectivity index is 2.42. The first kappa shape index (κ1) is 10.9. The zero-order valence-electron chi connectivity index (χ0n) is 8.83. The zero-order valence-corrected chi connectivity index (χ0v) is 8.83. The maximum absolute atomic E-state index is 10.6. The number of nitriles is 1. The number of non-ortho nitro benzene ring substituents is 1. The minimum absolute atomic E-state index is 0.110. The molecule has 0 amide bonds. The molecule has 0 atom stereocenters. The number of anilines is 1. The lowest BCUT2D eigenvalue weighted by Gasteiger charge is -2.14. The Labute approximate surface area is 96.9 Å². The summed E-state index contributed by atoms with van der Waals surface area (Å²) in [5.41, 5.74) is 6.20. The Kier molecular flexibility index (Phi) is 2.62. The Morgan fingerprint density at radius 3 is 2.88 bits per heavy atom. The number of benzene rings is 1. The molecule has 86 valence electrons. The number of hydrogen-bond donors (Lipinski definition) is 1. The Morgan fingerprint density at radius 2 is 2.35 bits per heavy atom. The van der Waals surface area contributed by atoms with E-state index in [1.54, 1.807) is 5.01 Å². The first-order valence-corrected chi connectivity index (χ1v) is 4.91. The van der Waals surface area contributed by atoms with Gasteiger partial charge < -0.3 is 5.73 Å². The topological polar surface area (TPSA) is 109 Å². The van der Waals surface area contributed by atoms with Crippen LogP contribution in [0.2, 0.25) is 0 Å². The van der Waals surface area contributed by atoms with Crippen molar-refractivity contribution in [3.8, 4) is 6.07 Å². The van der Waals surface area contributed by atoms with Gasteiger partial charge >= 0.3 is 0 Å². The minimum Gasteiger partial charge on any atom is -0.386 e. The fraction of sp³-hybridized carbons (Fsp3) is 0.200. The third-order valence-corrected chi connectivity index (χ3v) is 2.42. The first-order valence-electron chi connectivity index (χ1n) is 4.91. The monoisotopic (exact) mass is 231 g/mol. The predicted octanol–water partition coefficient (Wildman–Crippen LogP) is 0.949. The van der Waals surface area contributed by atoms with Crippen LogP contribution in [0.1, 0.15) is 12.0 Å². The maximum Gasteiger partial charge on any atom is 0.270 e. The van der Waals surface area contributed by atoms with Crippen molar-refractivity contribution in [2.45, 2.75) is 6.42 Å². The van der Waals surface area contributed by atoms with Gasteiger partial charge in [-0.1, -0.05) is 0 Å². The fourth-order valence-electron chi connectivity index (χ4n) is 1.60. The molecule has 0 unspecified atom stereocenters. The summed E-state index contributed by atoms with van der Waals surface area (Å²) in [5, 5.41) is 25.2. The van der Waals surface area contributed by atoms with Gasteiger partial charge in [0, 0.05) is 25.1 Å². The van der Waals surface area contributed by atoms with Gasteiger partial charge in [0.05, 0.1) is 16.2 Å². The van der Waals surface area contributed by atoms with Gasteiger partial charge in [0.1, 0.15) is 11.9 Å². The van der Waals surface area contributed by atoms with E-state index in [0.29, 0.717) is 24.5 Å². The third kappa shape index (κ3) is 2.01. The molecule has 0 spiro atoms. The fourth-order valence-corrected chi connectivity index (χ4v) is 1.60. The van der Waals surface area contributed by atoms with Crippen LogP contribution >= 0.6 is 0 Å². The van der Waals surface area contributed by atoms with E-state index in [1.807, 2.05) is 6.07 Å². The molecule has 1 aromatic rings. The highest BCUT2D eigenvalue weighted by atomic mass is 16.6. The lowest BCUT2D eigenvalue weighted by Crippen LogP contribution is -2.13.